The van der Waals surface area contributed by atoms with E-state index in [1.807, 2.05) is 0 Å². The van der Waals surface area contributed by atoms with Crippen molar-refractivity contribution in [3.8, 4) is 17.0 Å². The van der Waals surface area contributed by atoms with Gasteiger partial charge in [0.15, 0.2) is 11.6 Å². The number of ether oxygens (including phenoxy) is 1. The number of hydrogen-bond donors (Lipinski definition) is 0. The molecule has 0 radical (unpaired) electrons. The van der Waals surface area contributed by atoms with E-state index in [1.165, 1.54) is 54.5 Å². The number of aromatic nitrogens is 3. The van der Waals surface area contributed by atoms with Gasteiger partial charge in [0.05, 0.1) is 18.7 Å². The number of methoxy groups -OCH3 is 1. The molecule has 1 aliphatic rings. The molecule has 1 aromatic carbocycles. The Labute approximate surface area is 182 Å². The average molecular weight is 441 g/mol. The number of hydrogen-bond acceptors (Lipinski definition) is 6. The van der Waals surface area contributed by atoms with Crippen molar-refractivity contribution in [3.05, 3.63) is 70.4 Å². The Kier molecular flexibility index (Phi) is 5.60. The molecular formula is C22H21F2N5O3. The van der Waals surface area contributed by atoms with Gasteiger partial charge in [0.25, 0.3) is 11.5 Å². The summed E-state index contributed by atoms with van der Waals surface area (Å²) in [6, 6.07) is 6.47. The quantitative estimate of drug-likeness (QED) is 0.603. The number of rotatable bonds is 5. The molecule has 1 aliphatic heterocycles. The second-order valence-electron chi connectivity index (χ2n) is 7.55. The zero-order valence-electron chi connectivity index (χ0n) is 17.7. The van der Waals surface area contributed by atoms with Crippen molar-refractivity contribution in [3.63, 3.8) is 0 Å². The van der Waals surface area contributed by atoms with Gasteiger partial charge in [0, 0.05) is 45.0 Å². The zero-order chi connectivity index (χ0) is 23.0. The highest BCUT2D eigenvalue weighted by Gasteiger charge is 2.36. The highest BCUT2D eigenvalue weighted by molar-refractivity contribution is 5.96. The molecule has 0 spiro atoms. The third-order valence-electron chi connectivity index (χ3n) is 5.56. The summed E-state index contributed by atoms with van der Waals surface area (Å²) in [7, 11) is 4.60. The largest absolute Gasteiger partial charge is 0.496 e. The first-order chi connectivity index (χ1) is 15.3. The Morgan fingerprint density at radius 1 is 1.19 bits per heavy atom. The Bertz CT molecular complexity index is 1220. The smallest absolute Gasteiger partial charge is 0.259 e. The van der Waals surface area contributed by atoms with Gasteiger partial charge in [-0.2, -0.15) is 0 Å². The molecule has 166 valence electrons. The molecule has 32 heavy (non-hydrogen) atoms. The zero-order valence-corrected chi connectivity index (χ0v) is 17.7. The van der Waals surface area contributed by atoms with Gasteiger partial charge < -0.3 is 19.1 Å². The minimum Gasteiger partial charge on any atom is -0.496 e. The van der Waals surface area contributed by atoms with Crippen LogP contribution in [0.3, 0.4) is 0 Å². The predicted molar refractivity (Wildman–Crippen MR) is 114 cm³/mol. The number of anilines is 1. The molecule has 0 saturated carbocycles. The highest BCUT2D eigenvalue weighted by atomic mass is 19.1. The summed E-state index contributed by atoms with van der Waals surface area (Å²) in [6.07, 6.45) is 2.70. The van der Waals surface area contributed by atoms with E-state index in [-0.39, 0.29) is 40.3 Å². The minimum atomic E-state index is -0.605. The minimum absolute atomic E-state index is 0.0813. The number of benzene rings is 1. The maximum absolute atomic E-state index is 15.1. The Hall–Kier alpha value is -3.82. The molecule has 1 saturated heterocycles. The van der Waals surface area contributed by atoms with Gasteiger partial charge in [-0.3, -0.25) is 9.59 Å². The lowest BCUT2D eigenvalue weighted by molar-refractivity contribution is 0.0700. The molecule has 0 aliphatic carbocycles. The summed E-state index contributed by atoms with van der Waals surface area (Å²) in [5.41, 5.74) is 0.506. The number of pyridine rings is 1. The van der Waals surface area contributed by atoms with Crippen LogP contribution in [0.4, 0.5) is 14.6 Å². The van der Waals surface area contributed by atoms with E-state index in [0.717, 1.165) is 0 Å². The molecule has 1 fully saturated rings. The van der Waals surface area contributed by atoms with E-state index in [2.05, 4.69) is 9.97 Å². The fourth-order valence-corrected chi connectivity index (χ4v) is 3.56. The second-order valence-corrected chi connectivity index (χ2v) is 7.55. The molecule has 0 bridgehead atoms. The summed E-state index contributed by atoms with van der Waals surface area (Å²) >= 11 is 0. The van der Waals surface area contributed by atoms with Gasteiger partial charge in [-0.25, -0.2) is 18.7 Å². The van der Waals surface area contributed by atoms with Crippen LogP contribution < -0.4 is 15.2 Å². The van der Waals surface area contributed by atoms with Crippen molar-refractivity contribution >= 4 is 11.7 Å². The maximum atomic E-state index is 15.1. The number of carbonyl (C=O) groups excluding carboxylic acids is 1. The summed E-state index contributed by atoms with van der Waals surface area (Å²) in [4.78, 5) is 36.1. The van der Waals surface area contributed by atoms with Crippen LogP contribution in [0.25, 0.3) is 11.3 Å². The SMILES string of the molecule is COc1cc(=O)n(C)cc1C(=O)N(C)C1CN(c2ncnc(-c3ccc(F)cc3)c2F)C1. The van der Waals surface area contributed by atoms with E-state index in [0.29, 0.717) is 18.7 Å². The Balaban J connectivity index is 1.50. The number of nitrogens with zero attached hydrogens (tertiary/aromatic N) is 5. The van der Waals surface area contributed by atoms with E-state index < -0.39 is 11.6 Å². The summed E-state index contributed by atoms with van der Waals surface area (Å²) in [5.74, 6) is -1.01. The molecule has 0 N–H and O–H groups in total. The fourth-order valence-electron chi connectivity index (χ4n) is 3.56. The van der Waals surface area contributed by atoms with Gasteiger partial charge in [-0.1, -0.05) is 0 Å². The monoisotopic (exact) mass is 441 g/mol. The lowest BCUT2D eigenvalue weighted by Gasteiger charge is -2.44. The third-order valence-corrected chi connectivity index (χ3v) is 5.56. The summed E-state index contributed by atoms with van der Waals surface area (Å²) < 4.78 is 34.8. The molecule has 1 amide bonds. The van der Waals surface area contributed by atoms with Gasteiger partial charge in [-0.15, -0.1) is 0 Å². The lowest BCUT2D eigenvalue weighted by Crippen LogP contribution is -2.60. The molecular weight excluding hydrogens is 420 g/mol. The number of amides is 1. The van der Waals surface area contributed by atoms with E-state index in [1.54, 1.807) is 23.9 Å². The second kappa shape index (κ2) is 8.37. The molecule has 3 aromatic rings. The number of halogens is 2. The van der Waals surface area contributed by atoms with Crippen molar-refractivity contribution in [2.24, 2.45) is 7.05 Å². The van der Waals surface area contributed by atoms with Gasteiger partial charge in [0.1, 0.15) is 23.6 Å². The van der Waals surface area contributed by atoms with Crippen molar-refractivity contribution in [2.45, 2.75) is 6.04 Å². The molecule has 0 unspecified atom stereocenters. The predicted octanol–water partition coefficient (Wildman–Crippen LogP) is 2.09. The topological polar surface area (TPSA) is 80.6 Å². The van der Waals surface area contributed by atoms with Crippen LogP contribution in [0.5, 0.6) is 5.75 Å². The van der Waals surface area contributed by atoms with Crippen LogP contribution in [0.1, 0.15) is 10.4 Å². The molecule has 4 rings (SSSR count). The molecule has 3 heterocycles. The van der Waals surface area contributed by atoms with Crippen molar-refractivity contribution in [2.75, 3.05) is 32.1 Å². The highest BCUT2D eigenvalue weighted by Crippen LogP contribution is 2.30. The van der Waals surface area contributed by atoms with Gasteiger partial charge in [0.2, 0.25) is 0 Å². The molecule has 8 nitrogen and oxygen atoms in total. The number of carbonyl (C=O) groups is 1. The number of aryl methyl sites for hydroxylation is 1. The van der Waals surface area contributed by atoms with Crippen LogP contribution in [0, 0.1) is 11.6 Å². The molecule has 2 aromatic heterocycles. The fraction of sp³-hybridized carbons (Fsp3) is 0.273. The van der Waals surface area contributed by atoms with Crippen LogP contribution in [-0.4, -0.2) is 58.6 Å². The molecule has 0 atom stereocenters. The first-order valence-electron chi connectivity index (χ1n) is 9.83. The summed E-state index contributed by atoms with van der Waals surface area (Å²) in [6.45, 7) is 0.736. The van der Waals surface area contributed by atoms with Crippen LogP contribution >= 0.6 is 0 Å². The Morgan fingerprint density at radius 2 is 1.88 bits per heavy atom. The van der Waals surface area contributed by atoms with Crippen molar-refractivity contribution in [1.82, 2.24) is 19.4 Å². The van der Waals surface area contributed by atoms with Crippen LogP contribution in [0.15, 0.2) is 47.7 Å². The van der Waals surface area contributed by atoms with E-state index in [4.69, 9.17) is 4.74 Å². The maximum Gasteiger partial charge on any atom is 0.259 e. The van der Waals surface area contributed by atoms with E-state index in [9.17, 15) is 14.0 Å². The standard InChI is InChI=1S/C22H21F2N5O3/c1-27-11-16(17(32-3)8-18(27)30)22(31)28(2)15-9-29(10-15)21-19(24)20(25-12-26-21)13-4-6-14(23)7-5-13/h4-8,11-12,15H,9-10H2,1-3H3. The van der Waals surface area contributed by atoms with Gasteiger partial charge >= 0.3 is 0 Å². The van der Waals surface area contributed by atoms with Crippen molar-refractivity contribution in [1.29, 1.82) is 0 Å². The normalized spacial score (nSPS) is 13.6. The number of likely N-dealkylation sites (N-methyl/N-ethyl adjacent to an activating group) is 1. The molecule has 10 heteroatoms. The first kappa shape index (κ1) is 21.4. The van der Waals surface area contributed by atoms with Crippen LogP contribution in [0.2, 0.25) is 0 Å². The first-order valence-corrected chi connectivity index (χ1v) is 9.83. The summed E-state index contributed by atoms with van der Waals surface area (Å²) in [5, 5.41) is 0. The van der Waals surface area contributed by atoms with E-state index >= 15 is 4.39 Å². The Morgan fingerprint density at radius 3 is 2.53 bits per heavy atom. The van der Waals surface area contributed by atoms with Gasteiger partial charge in [-0.05, 0) is 24.3 Å². The third kappa shape index (κ3) is 3.79. The lowest BCUT2D eigenvalue weighted by atomic mass is 10.1. The average Bonchev–Trinajstić information content (AvgIpc) is 2.75. The van der Waals surface area contributed by atoms with Crippen LogP contribution in [-0.2, 0) is 7.05 Å². The van der Waals surface area contributed by atoms with Crippen molar-refractivity contribution < 1.29 is 18.3 Å².